The smallest absolute Gasteiger partial charge is 0.410 e. The third kappa shape index (κ3) is 3.92. The van der Waals surface area contributed by atoms with Gasteiger partial charge in [-0.2, -0.15) is 0 Å². The zero-order valence-electron chi connectivity index (χ0n) is 8.66. The molecule has 0 N–H and O–H groups in total. The second kappa shape index (κ2) is 4.84. The minimum absolute atomic E-state index is 0.175. The molecular weight excluding hydrogens is 170 g/mol. The summed E-state index contributed by atoms with van der Waals surface area (Å²) in [7, 11) is 0. The maximum atomic E-state index is 11.3. The summed E-state index contributed by atoms with van der Waals surface area (Å²) in [6.07, 6.45) is 0.121. The maximum absolute atomic E-state index is 11.3. The second-order valence-electron chi connectivity index (χ2n) is 3.66. The van der Waals surface area contributed by atoms with E-state index in [0.29, 0.717) is 12.8 Å². The van der Waals surface area contributed by atoms with Crippen LogP contribution in [0.25, 0.3) is 0 Å². The van der Waals surface area contributed by atoms with Crippen LogP contribution in [0.1, 0.15) is 27.7 Å². The first kappa shape index (κ1) is 11.9. The van der Waals surface area contributed by atoms with Crippen LogP contribution >= 0.6 is 0 Å². The van der Waals surface area contributed by atoms with Crippen molar-refractivity contribution in [1.29, 1.82) is 0 Å². The van der Waals surface area contributed by atoms with E-state index in [0.717, 1.165) is 0 Å². The number of hydrogen-bond donors (Lipinski definition) is 0. The van der Waals surface area contributed by atoms with Gasteiger partial charge >= 0.3 is 6.09 Å². The lowest BCUT2D eigenvalue weighted by Crippen LogP contribution is -2.45. The standard InChI is InChI=1S/C9H17NO3/c1-5-10(9(2,3)4)8(12)13-7-6-11/h6H,5,7H2,1-4H3. The van der Waals surface area contributed by atoms with Gasteiger partial charge in [-0.3, -0.25) is 4.79 Å². The molecule has 0 bridgehead atoms. The molecule has 0 spiro atoms. The average Bonchev–Trinajstić information content (AvgIpc) is 1.99. The first-order valence-electron chi connectivity index (χ1n) is 4.31. The van der Waals surface area contributed by atoms with Crippen molar-refractivity contribution in [2.75, 3.05) is 13.2 Å². The molecule has 0 rings (SSSR count). The zero-order valence-corrected chi connectivity index (χ0v) is 8.66. The van der Waals surface area contributed by atoms with Crippen molar-refractivity contribution in [3.05, 3.63) is 0 Å². The molecule has 4 heteroatoms. The lowest BCUT2D eigenvalue weighted by Gasteiger charge is -2.33. The van der Waals surface area contributed by atoms with Gasteiger partial charge in [0.15, 0.2) is 6.29 Å². The highest BCUT2D eigenvalue weighted by Crippen LogP contribution is 2.13. The van der Waals surface area contributed by atoms with Crippen molar-refractivity contribution in [3.63, 3.8) is 0 Å². The van der Waals surface area contributed by atoms with Gasteiger partial charge in [-0.15, -0.1) is 0 Å². The number of hydrogen-bond acceptors (Lipinski definition) is 3. The Morgan fingerprint density at radius 2 is 2.00 bits per heavy atom. The summed E-state index contributed by atoms with van der Waals surface area (Å²) in [6, 6.07) is 0. The highest BCUT2D eigenvalue weighted by Gasteiger charge is 2.25. The summed E-state index contributed by atoms with van der Waals surface area (Å²) in [5.41, 5.74) is -0.269. The molecule has 0 aromatic rings. The van der Waals surface area contributed by atoms with Gasteiger partial charge in [-0.1, -0.05) is 0 Å². The number of aldehydes is 1. The predicted molar refractivity (Wildman–Crippen MR) is 49.5 cm³/mol. The molecule has 0 fully saturated rings. The van der Waals surface area contributed by atoms with E-state index in [-0.39, 0.29) is 12.1 Å². The number of carbonyl (C=O) groups excluding carboxylic acids is 2. The van der Waals surface area contributed by atoms with E-state index >= 15 is 0 Å². The first-order chi connectivity index (χ1) is 5.93. The van der Waals surface area contributed by atoms with E-state index in [2.05, 4.69) is 4.74 Å². The molecule has 0 saturated carbocycles. The van der Waals surface area contributed by atoms with Gasteiger partial charge < -0.3 is 9.64 Å². The van der Waals surface area contributed by atoms with E-state index < -0.39 is 6.09 Å². The van der Waals surface area contributed by atoms with Crippen molar-refractivity contribution in [2.24, 2.45) is 0 Å². The molecule has 0 aliphatic heterocycles. The number of ether oxygens (including phenoxy) is 1. The van der Waals surface area contributed by atoms with Gasteiger partial charge in [0.25, 0.3) is 0 Å². The van der Waals surface area contributed by atoms with Crippen LogP contribution in [0.3, 0.4) is 0 Å². The highest BCUT2D eigenvalue weighted by atomic mass is 16.6. The molecular formula is C9H17NO3. The van der Waals surface area contributed by atoms with Crippen LogP contribution in [0, 0.1) is 0 Å². The van der Waals surface area contributed by atoms with Gasteiger partial charge in [0, 0.05) is 12.1 Å². The van der Waals surface area contributed by atoms with Crippen LogP contribution in [-0.2, 0) is 9.53 Å². The second-order valence-corrected chi connectivity index (χ2v) is 3.66. The number of amides is 1. The Labute approximate surface area is 78.9 Å². The molecule has 0 saturated heterocycles. The molecule has 0 aromatic heterocycles. The van der Waals surface area contributed by atoms with Crippen molar-refractivity contribution in [2.45, 2.75) is 33.2 Å². The van der Waals surface area contributed by atoms with E-state index in [1.807, 2.05) is 27.7 Å². The maximum Gasteiger partial charge on any atom is 0.410 e. The highest BCUT2D eigenvalue weighted by molar-refractivity contribution is 5.70. The minimum atomic E-state index is -0.443. The molecule has 0 aromatic carbocycles. The summed E-state index contributed by atoms with van der Waals surface area (Å²) in [6.45, 7) is 8.01. The van der Waals surface area contributed by atoms with Gasteiger partial charge in [-0.05, 0) is 27.7 Å². The number of nitrogens with zero attached hydrogens (tertiary/aromatic N) is 1. The molecule has 76 valence electrons. The summed E-state index contributed by atoms with van der Waals surface area (Å²) in [5, 5.41) is 0. The first-order valence-corrected chi connectivity index (χ1v) is 4.31. The van der Waals surface area contributed by atoms with Crippen molar-refractivity contribution in [3.8, 4) is 0 Å². The van der Waals surface area contributed by atoms with Crippen LogP contribution in [-0.4, -0.2) is 36.0 Å². The Hall–Kier alpha value is -1.06. The molecule has 0 atom stereocenters. The van der Waals surface area contributed by atoms with E-state index in [1.165, 1.54) is 0 Å². The van der Waals surface area contributed by atoms with E-state index in [4.69, 9.17) is 0 Å². The van der Waals surface area contributed by atoms with Crippen molar-refractivity contribution in [1.82, 2.24) is 4.90 Å². The molecule has 0 heterocycles. The fraction of sp³-hybridized carbons (Fsp3) is 0.778. The lowest BCUT2D eigenvalue weighted by atomic mass is 10.1. The van der Waals surface area contributed by atoms with Crippen LogP contribution in [0.2, 0.25) is 0 Å². The quantitative estimate of drug-likeness (QED) is 0.628. The van der Waals surface area contributed by atoms with Crippen molar-refractivity contribution >= 4 is 12.4 Å². The van der Waals surface area contributed by atoms with Crippen LogP contribution in [0.4, 0.5) is 4.79 Å². The molecule has 13 heavy (non-hydrogen) atoms. The third-order valence-corrected chi connectivity index (χ3v) is 1.62. The Kier molecular flexibility index (Phi) is 4.45. The molecule has 0 radical (unpaired) electrons. The number of carbonyl (C=O) groups is 2. The summed E-state index contributed by atoms with van der Waals surface area (Å²) >= 11 is 0. The fourth-order valence-electron chi connectivity index (χ4n) is 1.06. The number of rotatable bonds is 3. The Bertz CT molecular complexity index is 184. The third-order valence-electron chi connectivity index (χ3n) is 1.62. The van der Waals surface area contributed by atoms with Crippen LogP contribution in [0.5, 0.6) is 0 Å². The van der Waals surface area contributed by atoms with E-state index in [9.17, 15) is 9.59 Å². The zero-order chi connectivity index (χ0) is 10.5. The normalized spacial score (nSPS) is 10.8. The topological polar surface area (TPSA) is 46.6 Å². The lowest BCUT2D eigenvalue weighted by molar-refractivity contribution is -0.110. The average molecular weight is 187 g/mol. The van der Waals surface area contributed by atoms with Crippen molar-refractivity contribution < 1.29 is 14.3 Å². The molecule has 0 unspecified atom stereocenters. The van der Waals surface area contributed by atoms with Crippen LogP contribution in [0.15, 0.2) is 0 Å². The summed E-state index contributed by atoms with van der Waals surface area (Å²) in [4.78, 5) is 22.9. The van der Waals surface area contributed by atoms with E-state index in [1.54, 1.807) is 4.90 Å². The molecule has 0 aliphatic carbocycles. The Balaban J connectivity index is 4.24. The predicted octanol–water partition coefficient (Wildman–Crippen LogP) is 1.44. The van der Waals surface area contributed by atoms with Crippen LogP contribution < -0.4 is 0 Å². The monoisotopic (exact) mass is 187 g/mol. The fourth-order valence-corrected chi connectivity index (χ4v) is 1.06. The SMILES string of the molecule is CCN(C(=O)OCC=O)C(C)(C)C. The molecule has 4 nitrogen and oxygen atoms in total. The summed E-state index contributed by atoms with van der Waals surface area (Å²) < 4.78 is 4.69. The van der Waals surface area contributed by atoms with Gasteiger partial charge in [0.1, 0.15) is 6.61 Å². The molecule has 0 aliphatic rings. The molecule has 1 amide bonds. The Morgan fingerprint density at radius 3 is 2.31 bits per heavy atom. The summed E-state index contributed by atoms with van der Waals surface area (Å²) in [5.74, 6) is 0. The minimum Gasteiger partial charge on any atom is -0.442 e. The van der Waals surface area contributed by atoms with Gasteiger partial charge in [0.2, 0.25) is 0 Å². The largest absolute Gasteiger partial charge is 0.442 e. The van der Waals surface area contributed by atoms with Gasteiger partial charge in [-0.25, -0.2) is 4.79 Å². The Morgan fingerprint density at radius 1 is 1.46 bits per heavy atom. The van der Waals surface area contributed by atoms with Gasteiger partial charge in [0.05, 0.1) is 0 Å².